The number of aryl methyl sites for hydroxylation is 2. The van der Waals surface area contributed by atoms with Crippen molar-refractivity contribution in [1.29, 1.82) is 0 Å². The molecular weight excluding hydrogens is 304 g/mol. The van der Waals surface area contributed by atoms with Gasteiger partial charge in [-0.1, -0.05) is 59.7 Å². The van der Waals surface area contributed by atoms with Crippen molar-refractivity contribution in [2.75, 3.05) is 0 Å². The van der Waals surface area contributed by atoms with E-state index in [1.54, 1.807) is 0 Å². The molecule has 4 aromatic rings. The van der Waals surface area contributed by atoms with E-state index in [4.69, 9.17) is 0 Å². The lowest BCUT2D eigenvalue weighted by Gasteiger charge is -2.04. The SMILES string of the molecule is Cc1ccc(-c2csc3scc(-c4ccc(C)cc4)c23)cc1. The van der Waals surface area contributed by atoms with Gasteiger partial charge in [0.15, 0.2) is 0 Å². The van der Waals surface area contributed by atoms with Crippen LogP contribution in [0.25, 0.3) is 31.7 Å². The summed E-state index contributed by atoms with van der Waals surface area (Å²) in [4.78, 5) is 0. The molecule has 0 amide bonds. The summed E-state index contributed by atoms with van der Waals surface area (Å²) in [5.74, 6) is 0. The van der Waals surface area contributed by atoms with E-state index in [1.807, 2.05) is 22.7 Å². The van der Waals surface area contributed by atoms with Crippen molar-refractivity contribution < 1.29 is 0 Å². The van der Waals surface area contributed by atoms with Gasteiger partial charge in [-0.05, 0) is 25.0 Å². The molecule has 2 heterocycles. The number of benzene rings is 2. The minimum Gasteiger partial charge on any atom is -0.132 e. The van der Waals surface area contributed by atoms with E-state index in [-0.39, 0.29) is 0 Å². The molecule has 0 bridgehead atoms. The Balaban J connectivity index is 1.92. The fraction of sp³-hybridized carbons (Fsp3) is 0.100. The van der Waals surface area contributed by atoms with E-state index < -0.39 is 0 Å². The van der Waals surface area contributed by atoms with Gasteiger partial charge in [0, 0.05) is 27.3 Å². The Labute approximate surface area is 138 Å². The molecule has 22 heavy (non-hydrogen) atoms. The molecule has 0 unspecified atom stereocenters. The van der Waals surface area contributed by atoms with Gasteiger partial charge in [-0.15, -0.1) is 22.7 Å². The van der Waals surface area contributed by atoms with Crippen molar-refractivity contribution in [3.63, 3.8) is 0 Å². The van der Waals surface area contributed by atoms with Crippen LogP contribution in [0.4, 0.5) is 0 Å². The van der Waals surface area contributed by atoms with Crippen LogP contribution in [-0.4, -0.2) is 0 Å². The summed E-state index contributed by atoms with van der Waals surface area (Å²) in [6, 6.07) is 17.7. The smallest absolute Gasteiger partial charge is 0.0877 e. The van der Waals surface area contributed by atoms with Gasteiger partial charge in [0.05, 0.1) is 4.01 Å². The first-order chi connectivity index (χ1) is 10.7. The van der Waals surface area contributed by atoms with Gasteiger partial charge < -0.3 is 0 Å². The molecule has 0 saturated carbocycles. The van der Waals surface area contributed by atoms with Crippen LogP contribution in [0.15, 0.2) is 59.3 Å². The number of hydrogen-bond donors (Lipinski definition) is 0. The molecular formula is C20H16S2. The zero-order valence-corrected chi connectivity index (χ0v) is 14.2. The predicted molar refractivity (Wildman–Crippen MR) is 100 cm³/mol. The van der Waals surface area contributed by atoms with Crippen LogP contribution >= 0.6 is 22.7 Å². The molecule has 0 atom stereocenters. The molecule has 0 radical (unpaired) electrons. The van der Waals surface area contributed by atoms with Crippen LogP contribution in [0.2, 0.25) is 0 Å². The normalized spacial score (nSPS) is 11.2. The first-order valence-corrected chi connectivity index (χ1v) is 9.11. The number of hydrogen-bond acceptors (Lipinski definition) is 2. The monoisotopic (exact) mass is 320 g/mol. The second-order valence-corrected chi connectivity index (χ2v) is 7.71. The van der Waals surface area contributed by atoms with Crippen molar-refractivity contribution in [2.24, 2.45) is 0 Å². The van der Waals surface area contributed by atoms with Crippen molar-refractivity contribution >= 4 is 32.1 Å². The molecule has 0 nitrogen and oxygen atoms in total. The third-order valence-corrected chi connectivity index (χ3v) is 6.16. The highest BCUT2D eigenvalue weighted by atomic mass is 32.2. The van der Waals surface area contributed by atoms with Gasteiger partial charge in [-0.3, -0.25) is 0 Å². The van der Waals surface area contributed by atoms with Crippen LogP contribution in [0, 0.1) is 13.8 Å². The molecule has 2 heteroatoms. The fourth-order valence-corrected chi connectivity index (χ4v) is 4.89. The fourth-order valence-electron chi connectivity index (χ4n) is 2.74. The van der Waals surface area contributed by atoms with E-state index >= 15 is 0 Å². The summed E-state index contributed by atoms with van der Waals surface area (Å²) in [6.07, 6.45) is 0. The molecule has 108 valence electrons. The van der Waals surface area contributed by atoms with E-state index in [0.29, 0.717) is 0 Å². The van der Waals surface area contributed by atoms with Gasteiger partial charge in [-0.25, -0.2) is 0 Å². The Morgan fingerprint density at radius 2 is 1.00 bits per heavy atom. The molecule has 0 fully saturated rings. The summed E-state index contributed by atoms with van der Waals surface area (Å²) in [7, 11) is 0. The summed E-state index contributed by atoms with van der Waals surface area (Å²) < 4.78 is 1.41. The predicted octanol–water partition coefficient (Wildman–Crippen LogP) is 6.91. The topological polar surface area (TPSA) is 0 Å². The van der Waals surface area contributed by atoms with E-state index in [9.17, 15) is 0 Å². The van der Waals surface area contributed by atoms with Crippen LogP contribution in [0.3, 0.4) is 0 Å². The number of rotatable bonds is 2. The summed E-state index contributed by atoms with van der Waals surface area (Å²) in [5.41, 5.74) is 7.94. The summed E-state index contributed by atoms with van der Waals surface area (Å²) in [5, 5.41) is 6.00. The van der Waals surface area contributed by atoms with Crippen molar-refractivity contribution in [1.82, 2.24) is 0 Å². The van der Waals surface area contributed by atoms with Gasteiger partial charge >= 0.3 is 0 Å². The largest absolute Gasteiger partial charge is 0.132 e. The molecule has 0 aliphatic carbocycles. The molecule has 0 saturated heterocycles. The van der Waals surface area contributed by atoms with E-state index in [1.165, 1.54) is 42.8 Å². The van der Waals surface area contributed by atoms with E-state index in [0.717, 1.165) is 0 Å². The Morgan fingerprint density at radius 3 is 1.41 bits per heavy atom. The van der Waals surface area contributed by atoms with Crippen LogP contribution < -0.4 is 0 Å². The van der Waals surface area contributed by atoms with Gasteiger partial charge in [-0.2, -0.15) is 0 Å². The molecule has 4 rings (SSSR count). The highest BCUT2D eigenvalue weighted by molar-refractivity contribution is 7.37. The molecule has 0 aliphatic heterocycles. The van der Waals surface area contributed by atoms with Crippen LogP contribution in [0.5, 0.6) is 0 Å². The molecule has 2 aromatic heterocycles. The lowest BCUT2D eigenvalue weighted by atomic mass is 9.99. The minimum absolute atomic E-state index is 1.30. The Hall–Kier alpha value is -1.90. The second kappa shape index (κ2) is 5.38. The zero-order valence-electron chi connectivity index (χ0n) is 12.6. The minimum atomic E-state index is 1.30. The number of fused-ring (bicyclic) bond motifs is 1. The van der Waals surface area contributed by atoms with Gasteiger partial charge in [0.2, 0.25) is 0 Å². The first-order valence-electron chi connectivity index (χ1n) is 7.35. The lowest BCUT2D eigenvalue weighted by Crippen LogP contribution is -1.79. The summed E-state index contributed by atoms with van der Waals surface area (Å²) in [6.45, 7) is 4.27. The Bertz CT molecular complexity index is 847. The Morgan fingerprint density at radius 1 is 0.591 bits per heavy atom. The van der Waals surface area contributed by atoms with Crippen molar-refractivity contribution in [3.8, 4) is 22.3 Å². The van der Waals surface area contributed by atoms with Gasteiger partial charge in [0.25, 0.3) is 0 Å². The van der Waals surface area contributed by atoms with Crippen LogP contribution in [0.1, 0.15) is 11.1 Å². The average Bonchev–Trinajstić information content (AvgIpc) is 3.11. The molecule has 0 aliphatic rings. The van der Waals surface area contributed by atoms with E-state index in [2.05, 4.69) is 73.1 Å². The number of thiophene rings is 2. The summed E-state index contributed by atoms with van der Waals surface area (Å²) >= 11 is 3.70. The maximum atomic E-state index is 2.30. The van der Waals surface area contributed by atoms with Crippen LogP contribution in [-0.2, 0) is 0 Å². The highest BCUT2D eigenvalue weighted by Gasteiger charge is 2.14. The molecule has 0 spiro atoms. The Kier molecular flexibility index (Phi) is 3.36. The third kappa shape index (κ3) is 2.29. The zero-order chi connectivity index (χ0) is 15.1. The maximum Gasteiger partial charge on any atom is 0.0877 e. The molecule has 0 N–H and O–H groups in total. The quantitative estimate of drug-likeness (QED) is 0.376. The second-order valence-electron chi connectivity index (χ2n) is 5.69. The first kappa shape index (κ1) is 13.7. The maximum absolute atomic E-state index is 2.30. The molecule has 2 aromatic carbocycles. The van der Waals surface area contributed by atoms with Crippen molar-refractivity contribution in [3.05, 3.63) is 70.4 Å². The third-order valence-electron chi connectivity index (χ3n) is 4.04. The van der Waals surface area contributed by atoms with Crippen molar-refractivity contribution in [2.45, 2.75) is 13.8 Å². The lowest BCUT2D eigenvalue weighted by molar-refractivity contribution is 1.47. The standard InChI is InChI=1S/C20H16S2/c1-13-3-7-15(8-4-13)17-11-21-20-19(17)18(12-22-20)16-9-5-14(2)6-10-16/h3-12H,1-2H3. The average molecular weight is 320 g/mol. The highest BCUT2D eigenvalue weighted by Crippen LogP contribution is 2.44. The van der Waals surface area contributed by atoms with Gasteiger partial charge in [0.1, 0.15) is 0 Å².